The van der Waals surface area contributed by atoms with Crippen LogP contribution in [0.15, 0.2) is 11.3 Å². The highest BCUT2D eigenvalue weighted by molar-refractivity contribution is 6.01. The van der Waals surface area contributed by atoms with Gasteiger partial charge in [-0.25, -0.2) is 0 Å². The molecular weight excluding hydrogens is 236 g/mol. The van der Waals surface area contributed by atoms with Crippen LogP contribution >= 0.6 is 0 Å². The largest absolute Gasteiger partial charge is 0.511 e. The Balaban J connectivity index is 2.47. The van der Waals surface area contributed by atoms with E-state index < -0.39 is 0 Å². The number of ketones is 1. The topological polar surface area (TPSA) is 37.3 Å². The zero-order chi connectivity index (χ0) is 14.3. The molecule has 1 saturated carbocycles. The molecule has 2 aliphatic carbocycles. The summed E-state index contributed by atoms with van der Waals surface area (Å²) in [5, 5.41) is 10.7. The van der Waals surface area contributed by atoms with Gasteiger partial charge < -0.3 is 5.11 Å². The van der Waals surface area contributed by atoms with Crippen molar-refractivity contribution in [1.82, 2.24) is 0 Å². The number of hydrogen-bond acceptors (Lipinski definition) is 2. The molecule has 1 fully saturated rings. The number of carbonyl (C=O) groups excluding carboxylic acids is 1. The molecule has 0 aromatic rings. The lowest BCUT2D eigenvalue weighted by Gasteiger charge is -2.45. The number of allylic oxidation sites excluding steroid dienone is 2. The highest BCUT2D eigenvalue weighted by Crippen LogP contribution is 2.52. The van der Waals surface area contributed by atoms with Crippen LogP contribution in [0.2, 0.25) is 0 Å². The van der Waals surface area contributed by atoms with E-state index in [4.69, 9.17) is 0 Å². The zero-order valence-corrected chi connectivity index (χ0v) is 12.9. The van der Waals surface area contributed by atoms with Crippen molar-refractivity contribution in [2.24, 2.45) is 16.7 Å². The SMILES string of the molecule is CCC1(CC)CCC2CC[C@](C)(CC)C(O)=C2C1=O. The molecule has 2 aliphatic rings. The summed E-state index contributed by atoms with van der Waals surface area (Å²) in [5.74, 6) is 0.992. The molecule has 0 amide bonds. The van der Waals surface area contributed by atoms with Gasteiger partial charge in [-0.1, -0.05) is 27.7 Å². The van der Waals surface area contributed by atoms with Crippen molar-refractivity contribution in [3.63, 3.8) is 0 Å². The Morgan fingerprint density at radius 2 is 1.68 bits per heavy atom. The van der Waals surface area contributed by atoms with Crippen LogP contribution in [0.3, 0.4) is 0 Å². The van der Waals surface area contributed by atoms with Crippen LogP contribution in [0, 0.1) is 16.7 Å². The van der Waals surface area contributed by atoms with E-state index >= 15 is 0 Å². The minimum Gasteiger partial charge on any atom is -0.511 e. The summed E-state index contributed by atoms with van der Waals surface area (Å²) in [6, 6.07) is 0. The molecule has 0 aromatic carbocycles. The summed E-state index contributed by atoms with van der Waals surface area (Å²) in [6.07, 6.45) is 6.87. The van der Waals surface area contributed by atoms with E-state index in [-0.39, 0.29) is 16.6 Å². The van der Waals surface area contributed by atoms with Gasteiger partial charge in [-0.05, 0) is 50.9 Å². The third-order valence-electron chi connectivity index (χ3n) is 6.11. The number of hydrogen-bond donors (Lipinski definition) is 1. The fraction of sp³-hybridized carbons (Fsp3) is 0.824. The monoisotopic (exact) mass is 264 g/mol. The molecule has 19 heavy (non-hydrogen) atoms. The van der Waals surface area contributed by atoms with Crippen LogP contribution in [0.5, 0.6) is 0 Å². The van der Waals surface area contributed by atoms with Gasteiger partial charge in [0.2, 0.25) is 0 Å². The van der Waals surface area contributed by atoms with Crippen LogP contribution in [0.4, 0.5) is 0 Å². The molecule has 0 spiro atoms. The van der Waals surface area contributed by atoms with Gasteiger partial charge in [0, 0.05) is 16.4 Å². The van der Waals surface area contributed by atoms with E-state index in [9.17, 15) is 9.90 Å². The molecule has 0 aromatic heterocycles. The molecule has 0 aliphatic heterocycles. The van der Waals surface area contributed by atoms with Crippen LogP contribution in [0.1, 0.15) is 72.6 Å². The normalized spacial score (nSPS) is 34.3. The van der Waals surface area contributed by atoms with Gasteiger partial charge in [0.05, 0.1) is 0 Å². The van der Waals surface area contributed by atoms with Gasteiger partial charge >= 0.3 is 0 Å². The van der Waals surface area contributed by atoms with Crippen molar-refractivity contribution in [3.8, 4) is 0 Å². The van der Waals surface area contributed by atoms with E-state index in [1.54, 1.807) is 0 Å². The van der Waals surface area contributed by atoms with Gasteiger partial charge in [-0.15, -0.1) is 0 Å². The standard InChI is InChI=1S/C17H28O2/c1-5-16(4)10-8-12-9-11-17(6-2,7-3)15(19)13(12)14(16)18/h12,18H,5-11H2,1-4H3/t12?,16-/m0/s1. The van der Waals surface area contributed by atoms with Gasteiger partial charge in [-0.3, -0.25) is 4.79 Å². The molecule has 2 atom stereocenters. The molecule has 2 heteroatoms. The number of aliphatic hydroxyl groups is 1. The maximum Gasteiger partial charge on any atom is 0.168 e. The van der Waals surface area contributed by atoms with Gasteiger partial charge in [0.1, 0.15) is 5.76 Å². The van der Waals surface area contributed by atoms with Crippen molar-refractivity contribution in [2.75, 3.05) is 0 Å². The minimum atomic E-state index is -0.203. The summed E-state index contributed by atoms with van der Waals surface area (Å²) in [5.41, 5.74) is 0.420. The van der Waals surface area contributed by atoms with E-state index in [0.717, 1.165) is 50.5 Å². The second-order valence-electron chi connectivity index (χ2n) is 6.77. The first-order chi connectivity index (χ1) is 8.94. The lowest BCUT2D eigenvalue weighted by molar-refractivity contribution is -0.129. The van der Waals surface area contributed by atoms with E-state index in [1.165, 1.54) is 0 Å². The van der Waals surface area contributed by atoms with Crippen LogP contribution in [-0.4, -0.2) is 10.9 Å². The van der Waals surface area contributed by atoms with Crippen molar-refractivity contribution in [3.05, 3.63) is 11.3 Å². The number of fused-ring (bicyclic) bond motifs is 1. The Hall–Kier alpha value is -0.790. The average molecular weight is 264 g/mol. The summed E-state index contributed by atoms with van der Waals surface area (Å²) >= 11 is 0. The number of aliphatic hydroxyl groups excluding tert-OH is 1. The number of rotatable bonds is 3. The molecule has 108 valence electrons. The van der Waals surface area contributed by atoms with Crippen molar-refractivity contribution in [2.45, 2.75) is 72.6 Å². The summed E-state index contributed by atoms with van der Waals surface area (Å²) in [6.45, 7) is 8.44. The smallest absolute Gasteiger partial charge is 0.168 e. The highest BCUT2D eigenvalue weighted by Gasteiger charge is 2.49. The van der Waals surface area contributed by atoms with E-state index in [1.807, 2.05) is 0 Å². The molecule has 1 unspecified atom stereocenters. The van der Waals surface area contributed by atoms with Gasteiger partial charge in [0.25, 0.3) is 0 Å². The third-order valence-corrected chi connectivity index (χ3v) is 6.11. The van der Waals surface area contributed by atoms with Crippen LogP contribution in [-0.2, 0) is 4.79 Å². The Morgan fingerprint density at radius 3 is 2.21 bits per heavy atom. The maximum absolute atomic E-state index is 12.9. The molecule has 2 rings (SSSR count). The van der Waals surface area contributed by atoms with Crippen molar-refractivity contribution in [1.29, 1.82) is 0 Å². The lowest BCUT2D eigenvalue weighted by atomic mass is 9.58. The Morgan fingerprint density at radius 1 is 1.11 bits per heavy atom. The summed E-state index contributed by atoms with van der Waals surface area (Å²) in [4.78, 5) is 12.9. The quantitative estimate of drug-likeness (QED) is 0.795. The van der Waals surface area contributed by atoms with Gasteiger partial charge in [0.15, 0.2) is 5.78 Å². The van der Waals surface area contributed by atoms with Crippen LogP contribution < -0.4 is 0 Å². The number of carbonyl (C=O) groups is 1. The highest BCUT2D eigenvalue weighted by atomic mass is 16.3. The van der Waals surface area contributed by atoms with Crippen molar-refractivity contribution >= 4 is 5.78 Å². The zero-order valence-electron chi connectivity index (χ0n) is 12.9. The Labute approximate surface area is 117 Å². The summed E-state index contributed by atoms with van der Waals surface area (Å²) in [7, 11) is 0. The lowest BCUT2D eigenvalue weighted by Crippen LogP contribution is -2.42. The predicted octanol–water partition coefficient (Wildman–Crippen LogP) is 4.79. The molecule has 0 saturated heterocycles. The molecule has 2 nitrogen and oxygen atoms in total. The first-order valence-electron chi connectivity index (χ1n) is 7.92. The van der Waals surface area contributed by atoms with E-state index in [2.05, 4.69) is 27.7 Å². The molecule has 0 radical (unpaired) electrons. The third kappa shape index (κ3) is 2.04. The van der Waals surface area contributed by atoms with Crippen molar-refractivity contribution < 1.29 is 9.90 Å². The first kappa shape index (κ1) is 14.6. The minimum absolute atomic E-state index is 0.175. The van der Waals surface area contributed by atoms with Gasteiger partial charge in [-0.2, -0.15) is 0 Å². The second-order valence-corrected chi connectivity index (χ2v) is 6.77. The van der Waals surface area contributed by atoms with Crippen LogP contribution in [0.25, 0.3) is 0 Å². The fourth-order valence-corrected chi connectivity index (χ4v) is 3.97. The molecular formula is C17H28O2. The maximum atomic E-state index is 12.9. The molecule has 0 heterocycles. The average Bonchev–Trinajstić information content (AvgIpc) is 2.44. The molecule has 1 N–H and O–H groups in total. The first-order valence-corrected chi connectivity index (χ1v) is 7.92. The van der Waals surface area contributed by atoms with E-state index in [0.29, 0.717) is 11.7 Å². The molecule has 0 bridgehead atoms. The predicted molar refractivity (Wildman–Crippen MR) is 78.0 cm³/mol. The summed E-state index contributed by atoms with van der Waals surface area (Å²) < 4.78 is 0. The second kappa shape index (κ2) is 4.96. The fourth-order valence-electron chi connectivity index (χ4n) is 3.97. The Bertz CT molecular complexity index is 403. The Kier molecular flexibility index (Phi) is 3.81. The number of Topliss-reactive ketones (excluding diaryl/α,β-unsaturated/α-hetero) is 1.